The largest absolute Gasteiger partial charge is 0.412 e. The zero-order valence-corrected chi connectivity index (χ0v) is 14.4. The van der Waals surface area contributed by atoms with Gasteiger partial charge in [0.2, 0.25) is 0 Å². The second kappa shape index (κ2) is 30.2. The Kier molecular flexibility index (Phi) is 44.5. The molecule has 1 aliphatic rings. The minimum Gasteiger partial charge on any atom is -0.412 e. The molecule has 1 rings (SSSR count). The van der Waals surface area contributed by atoms with Crippen molar-refractivity contribution in [2.75, 3.05) is 0 Å². The van der Waals surface area contributed by atoms with Gasteiger partial charge < -0.3 is 5.48 Å². The van der Waals surface area contributed by atoms with Crippen LogP contribution in [0.1, 0.15) is 108 Å². The van der Waals surface area contributed by atoms with Gasteiger partial charge in [0.05, 0.1) is 0 Å². The van der Waals surface area contributed by atoms with Crippen LogP contribution in [0.3, 0.4) is 0 Å². The molecule has 1 saturated carbocycles. The number of unbranched alkanes of at least 4 members (excludes halogenated alkanes) is 3. The highest BCUT2D eigenvalue weighted by Gasteiger charge is 2.05. The smallest absolute Gasteiger partial charge is 0 e. The van der Waals surface area contributed by atoms with Gasteiger partial charge >= 0.3 is 0 Å². The molecule has 1 aliphatic carbocycles. The van der Waals surface area contributed by atoms with E-state index in [-0.39, 0.29) is 6.90 Å². The van der Waals surface area contributed by atoms with E-state index in [1.165, 1.54) is 57.8 Å². The summed E-state index contributed by atoms with van der Waals surface area (Å²) in [5.74, 6) is 1.04. The second-order valence-corrected chi connectivity index (χ2v) is 4.45. The van der Waals surface area contributed by atoms with Crippen molar-refractivity contribution in [1.29, 1.82) is 0 Å². The molecule has 0 amide bonds. The summed E-state index contributed by atoms with van der Waals surface area (Å²) in [7, 11) is 0. The zero-order chi connectivity index (χ0) is 13.9. The molecule has 0 spiro atoms. The molecule has 0 unspecified atom stereocenters. The summed E-state index contributed by atoms with van der Waals surface area (Å²) in [5.41, 5.74) is 0. The Morgan fingerprint density at radius 1 is 0.778 bits per heavy atom. The Labute approximate surface area is 120 Å². The van der Waals surface area contributed by atoms with Crippen LogP contribution in [0.5, 0.6) is 0 Å². The summed E-state index contributed by atoms with van der Waals surface area (Å²) >= 11 is 0. The van der Waals surface area contributed by atoms with E-state index in [0.29, 0.717) is 0 Å². The third-order valence-corrected chi connectivity index (χ3v) is 2.85. The molecule has 0 aliphatic heterocycles. The lowest BCUT2D eigenvalue weighted by atomic mass is 9.91. The van der Waals surface area contributed by atoms with Gasteiger partial charge in [0.15, 0.2) is 0 Å². The van der Waals surface area contributed by atoms with Crippen LogP contribution in [-0.4, -0.2) is 5.48 Å². The first-order valence-corrected chi connectivity index (χ1v) is 8.31. The molecule has 0 heterocycles. The van der Waals surface area contributed by atoms with Crippen molar-refractivity contribution in [3.05, 3.63) is 0 Å². The summed E-state index contributed by atoms with van der Waals surface area (Å²) < 4.78 is 0. The summed E-state index contributed by atoms with van der Waals surface area (Å²) in [4.78, 5) is 0. The fraction of sp³-hybridized carbons (Fsp3) is 1.00. The average molecular weight is 265 g/mol. The summed E-state index contributed by atoms with van der Waals surface area (Å²) in [6, 6.07) is 0. The molecular formula is C17H44O. The van der Waals surface area contributed by atoms with Gasteiger partial charge in [-0.2, -0.15) is 0 Å². The van der Waals surface area contributed by atoms with Crippen molar-refractivity contribution >= 4 is 0 Å². The van der Waals surface area contributed by atoms with E-state index >= 15 is 0 Å². The molecule has 0 aromatic rings. The Hall–Kier alpha value is -0.0400. The maximum absolute atomic E-state index is 2.36. The first-order chi connectivity index (χ1) is 8.31. The molecular weight excluding hydrogens is 220 g/mol. The second-order valence-electron chi connectivity index (χ2n) is 4.45. The normalized spacial score (nSPS) is 13.5. The lowest BCUT2D eigenvalue weighted by molar-refractivity contribution is 0.385. The van der Waals surface area contributed by atoms with Crippen LogP contribution in [-0.2, 0) is 0 Å². The Bertz CT molecular complexity index is 87.3. The Morgan fingerprint density at radius 3 is 1.28 bits per heavy atom. The minimum absolute atomic E-state index is 0. The van der Waals surface area contributed by atoms with Gasteiger partial charge in [-0.3, -0.25) is 0 Å². The van der Waals surface area contributed by atoms with Crippen molar-refractivity contribution in [2.45, 2.75) is 106 Å². The molecule has 0 atom stereocenters. The van der Waals surface area contributed by atoms with Gasteiger partial charge in [-0.25, -0.2) is 0 Å². The van der Waals surface area contributed by atoms with Crippen LogP contribution in [0.25, 0.3) is 0 Å². The van der Waals surface area contributed by atoms with E-state index in [1.807, 2.05) is 27.7 Å². The van der Waals surface area contributed by atoms with Crippen molar-refractivity contribution in [2.24, 2.45) is 5.92 Å². The van der Waals surface area contributed by atoms with Crippen LogP contribution in [0, 0.1) is 5.92 Å². The molecule has 0 bridgehead atoms. The molecule has 18 heavy (non-hydrogen) atoms. The fourth-order valence-corrected chi connectivity index (χ4v) is 1.81. The lowest BCUT2D eigenvalue weighted by Gasteiger charge is -2.15. The molecule has 118 valence electrons. The lowest BCUT2D eigenvalue weighted by Crippen LogP contribution is -1.99. The van der Waals surface area contributed by atoms with Gasteiger partial charge in [0.1, 0.15) is 0 Å². The van der Waals surface area contributed by atoms with E-state index in [4.69, 9.17) is 0 Å². The fourth-order valence-electron chi connectivity index (χ4n) is 1.81. The first kappa shape index (κ1) is 26.5. The highest BCUT2D eigenvalue weighted by Crippen LogP contribution is 2.22. The summed E-state index contributed by atoms with van der Waals surface area (Å²) in [6.07, 6.45) is 13.0. The molecule has 0 saturated heterocycles. The van der Waals surface area contributed by atoms with E-state index in [0.717, 1.165) is 5.92 Å². The van der Waals surface area contributed by atoms with Gasteiger partial charge in [-0.1, -0.05) is 106 Å². The third kappa shape index (κ3) is 29.7. The van der Waals surface area contributed by atoms with Crippen molar-refractivity contribution in [3.8, 4) is 0 Å². The van der Waals surface area contributed by atoms with Gasteiger partial charge in [0.25, 0.3) is 0 Å². The highest BCUT2D eigenvalue weighted by atomic mass is 16.0. The van der Waals surface area contributed by atoms with E-state index < -0.39 is 0 Å². The molecule has 0 aromatic carbocycles. The van der Waals surface area contributed by atoms with E-state index in [9.17, 15) is 0 Å². The van der Waals surface area contributed by atoms with Gasteiger partial charge in [0, 0.05) is 1.43 Å². The molecule has 0 aromatic heterocycles. The maximum atomic E-state index is 2.36. The van der Waals surface area contributed by atoms with Crippen LogP contribution in [0.4, 0.5) is 0 Å². The van der Waals surface area contributed by atoms with Crippen LogP contribution < -0.4 is 0 Å². The molecule has 0 radical (unpaired) electrons. The Balaban J connectivity index is -0.0000000507. The van der Waals surface area contributed by atoms with Crippen molar-refractivity contribution in [3.63, 3.8) is 0 Å². The highest BCUT2D eigenvalue weighted by molar-refractivity contribution is 4.59. The van der Waals surface area contributed by atoms with Crippen molar-refractivity contribution < 1.29 is 6.90 Å². The molecule has 2 N–H and O–H groups in total. The van der Waals surface area contributed by atoms with Crippen LogP contribution in [0.15, 0.2) is 0 Å². The van der Waals surface area contributed by atoms with Crippen molar-refractivity contribution in [1.82, 2.24) is 0 Å². The topological polar surface area (TPSA) is 31.5 Å². The standard InChI is InChI=1S/C7H14.C6H14.2C2H6.H2O.H2/c1-7-5-3-2-4-6-7;1-3-5-6-4-2;2*1-2;;/h7H,2-6H2,1H3;3-6H2,1-2H3;2*1-2H3;1H2;1H. The van der Waals surface area contributed by atoms with Gasteiger partial charge in [-0.15, -0.1) is 0 Å². The van der Waals surface area contributed by atoms with Gasteiger partial charge in [-0.05, 0) is 5.92 Å². The SMILES string of the molecule is CC.CC.CC1CCCCC1.CCCCCC.O.[HH]. The molecule has 1 nitrogen and oxygen atoms in total. The summed E-state index contributed by atoms with van der Waals surface area (Å²) in [5, 5.41) is 0. The third-order valence-electron chi connectivity index (χ3n) is 2.85. The summed E-state index contributed by atoms with van der Waals surface area (Å²) in [6.45, 7) is 14.8. The number of hydrogen-bond donors (Lipinski definition) is 0. The predicted octanol–water partition coefficient (Wildman–Crippen LogP) is 6.65. The average Bonchev–Trinajstić information content (AvgIpc) is 2.42. The quantitative estimate of drug-likeness (QED) is 0.511. The predicted molar refractivity (Wildman–Crippen MR) is 90.5 cm³/mol. The van der Waals surface area contributed by atoms with E-state index in [1.54, 1.807) is 0 Å². The van der Waals surface area contributed by atoms with Crippen LogP contribution in [0.2, 0.25) is 0 Å². The first-order valence-electron chi connectivity index (χ1n) is 8.31. The number of hydrogen-bond acceptors (Lipinski definition) is 0. The monoisotopic (exact) mass is 264 g/mol. The molecule has 1 fully saturated rings. The number of rotatable bonds is 3. The van der Waals surface area contributed by atoms with E-state index in [2.05, 4.69) is 20.8 Å². The maximum Gasteiger partial charge on any atom is 0 e. The Morgan fingerprint density at radius 2 is 1.11 bits per heavy atom. The minimum atomic E-state index is 0. The zero-order valence-electron chi connectivity index (χ0n) is 14.4. The van der Waals surface area contributed by atoms with Crippen LogP contribution >= 0.6 is 0 Å². The molecule has 1 heteroatoms.